The van der Waals surface area contributed by atoms with Gasteiger partial charge in [-0.05, 0) is 31.4 Å². The van der Waals surface area contributed by atoms with E-state index in [2.05, 4.69) is 23.3 Å². The van der Waals surface area contributed by atoms with Gasteiger partial charge in [-0.3, -0.25) is 0 Å². The minimum absolute atomic E-state index is 0.313. The highest BCUT2D eigenvalue weighted by atomic mass is 16.5. The molecule has 0 fully saturated rings. The second-order valence-electron chi connectivity index (χ2n) is 5.44. The van der Waals surface area contributed by atoms with Crippen LogP contribution in [0.15, 0.2) is 18.2 Å². The molecule has 1 aromatic heterocycles. The first-order valence-electron chi connectivity index (χ1n) is 7.68. The van der Waals surface area contributed by atoms with Gasteiger partial charge in [0.1, 0.15) is 24.1 Å². The van der Waals surface area contributed by atoms with Crippen LogP contribution in [0.4, 0.5) is 0 Å². The minimum Gasteiger partial charge on any atom is -0.487 e. The molecule has 5 nitrogen and oxygen atoms in total. The van der Waals surface area contributed by atoms with Crippen molar-refractivity contribution in [1.82, 2.24) is 15.0 Å². The lowest BCUT2D eigenvalue weighted by atomic mass is 10.1. The first-order valence-corrected chi connectivity index (χ1v) is 7.68. The van der Waals surface area contributed by atoms with Crippen molar-refractivity contribution in [2.75, 3.05) is 0 Å². The van der Waals surface area contributed by atoms with Gasteiger partial charge in [0.2, 0.25) is 0 Å². The van der Waals surface area contributed by atoms with Gasteiger partial charge in [-0.2, -0.15) is 5.26 Å². The highest BCUT2D eigenvalue weighted by Gasteiger charge is 2.14. The van der Waals surface area contributed by atoms with Crippen molar-refractivity contribution in [2.24, 2.45) is 0 Å². The molecule has 2 rings (SSSR count). The molecule has 0 bridgehead atoms. The molecule has 22 heavy (non-hydrogen) atoms. The van der Waals surface area contributed by atoms with E-state index in [4.69, 9.17) is 4.74 Å². The molecule has 2 aromatic rings. The molecule has 0 N–H and O–H groups in total. The fourth-order valence-corrected chi connectivity index (χ4v) is 2.42. The van der Waals surface area contributed by atoms with Crippen molar-refractivity contribution < 1.29 is 4.74 Å². The number of unbranched alkanes of at least 4 members (excludes halogenated alkanes) is 2. The number of para-hydroxylation sites is 1. The van der Waals surface area contributed by atoms with E-state index in [0.717, 1.165) is 48.4 Å². The fraction of sp³-hybridized carbons (Fsp3) is 0.471. The summed E-state index contributed by atoms with van der Waals surface area (Å²) in [5.74, 6) is 0.868. The van der Waals surface area contributed by atoms with E-state index >= 15 is 0 Å². The van der Waals surface area contributed by atoms with Gasteiger partial charge >= 0.3 is 0 Å². The van der Waals surface area contributed by atoms with E-state index in [1.54, 1.807) is 4.68 Å². The van der Waals surface area contributed by atoms with E-state index in [9.17, 15) is 5.26 Å². The number of hydrogen-bond acceptors (Lipinski definition) is 4. The second-order valence-corrected chi connectivity index (χ2v) is 5.44. The SMILES string of the molecule is CCCCCn1nnc(C#N)c1COc1c(C)cccc1C. The molecule has 5 heteroatoms. The molecule has 0 unspecified atom stereocenters. The quantitative estimate of drug-likeness (QED) is 0.733. The van der Waals surface area contributed by atoms with Crippen LogP contribution in [-0.2, 0) is 13.2 Å². The summed E-state index contributed by atoms with van der Waals surface area (Å²) < 4.78 is 7.74. The van der Waals surface area contributed by atoms with E-state index < -0.39 is 0 Å². The molecule has 0 radical (unpaired) electrons. The fourth-order valence-electron chi connectivity index (χ4n) is 2.42. The molecule has 0 saturated heterocycles. The maximum absolute atomic E-state index is 9.19. The average molecular weight is 298 g/mol. The maximum atomic E-state index is 9.19. The van der Waals surface area contributed by atoms with Gasteiger partial charge in [0.25, 0.3) is 0 Å². The van der Waals surface area contributed by atoms with Crippen LogP contribution in [0.25, 0.3) is 0 Å². The summed E-state index contributed by atoms with van der Waals surface area (Å²) in [5.41, 5.74) is 3.27. The third-order valence-electron chi connectivity index (χ3n) is 3.68. The molecule has 1 heterocycles. The van der Waals surface area contributed by atoms with Crippen LogP contribution >= 0.6 is 0 Å². The second kappa shape index (κ2) is 7.60. The summed E-state index contributed by atoms with van der Waals surface area (Å²) in [5, 5.41) is 17.2. The van der Waals surface area contributed by atoms with E-state index in [-0.39, 0.29) is 0 Å². The van der Waals surface area contributed by atoms with Crippen LogP contribution in [0.2, 0.25) is 0 Å². The summed E-state index contributed by atoms with van der Waals surface area (Å²) in [6.45, 7) is 7.28. The van der Waals surface area contributed by atoms with Crippen molar-refractivity contribution >= 4 is 0 Å². The lowest BCUT2D eigenvalue weighted by molar-refractivity contribution is 0.286. The number of aryl methyl sites for hydroxylation is 3. The summed E-state index contributed by atoms with van der Waals surface area (Å²) in [7, 11) is 0. The van der Waals surface area contributed by atoms with E-state index in [1.807, 2.05) is 32.0 Å². The van der Waals surface area contributed by atoms with Gasteiger partial charge in [-0.1, -0.05) is 43.2 Å². The van der Waals surface area contributed by atoms with Crippen LogP contribution in [0, 0.1) is 25.2 Å². The molecule has 0 aliphatic heterocycles. The van der Waals surface area contributed by atoms with Crippen LogP contribution in [0.3, 0.4) is 0 Å². The Morgan fingerprint density at radius 2 is 1.95 bits per heavy atom. The zero-order chi connectivity index (χ0) is 15.9. The molecule has 0 atom stereocenters. The van der Waals surface area contributed by atoms with Gasteiger partial charge < -0.3 is 4.74 Å². The van der Waals surface area contributed by atoms with Crippen molar-refractivity contribution in [1.29, 1.82) is 5.26 Å². The zero-order valence-corrected chi connectivity index (χ0v) is 13.5. The van der Waals surface area contributed by atoms with E-state index in [0.29, 0.717) is 12.3 Å². The summed E-state index contributed by atoms with van der Waals surface area (Å²) >= 11 is 0. The Kier molecular flexibility index (Phi) is 5.54. The number of aromatic nitrogens is 3. The number of benzene rings is 1. The predicted octanol–water partition coefficient (Wildman–Crippen LogP) is 3.54. The predicted molar refractivity (Wildman–Crippen MR) is 84.5 cm³/mol. The first-order chi connectivity index (χ1) is 10.7. The highest BCUT2D eigenvalue weighted by molar-refractivity contribution is 5.40. The highest BCUT2D eigenvalue weighted by Crippen LogP contribution is 2.23. The van der Waals surface area contributed by atoms with Gasteiger partial charge in [0.15, 0.2) is 5.69 Å². The van der Waals surface area contributed by atoms with Gasteiger partial charge in [0.05, 0.1) is 0 Å². The Balaban J connectivity index is 2.14. The molecular weight excluding hydrogens is 276 g/mol. The Hall–Kier alpha value is -2.35. The largest absolute Gasteiger partial charge is 0.487 e. The summed E-state index contributed by atoms with van der Waals surface area (Å²) in [4.78, 5) is 0. The number of nitrogens with zero attached hydrogens (tertiary/aromatic N) is 4. The smallest absolute Gasteiger partial charge is 0.189 e. The lowest BCUT2D eigenvalue weighted by Crippen LogP contribution is -2.10. The number of nitriles is 1. The summed E-state index contributed by atoms with van der Waals surface area (Å²) in [6, 6.07) is 8.14. The Labute approximate surface area is 131 Å². The standard InChI is InChI=1S/C17H22N4O/c1-4-5-6-10-21-16(15(11-18)19-20-21)12-22-17-13(2)8-7-9-14(17)3/h7-9H,4-6,10,12H2,1-3H3. The van der Waals surface area contributed by atoms with Crippen molar-refractivity contribution in [3.63, 3.8) is 0 Å². The Bertz CT molecular complexity index is 650. The molecule has 1 aromatic carbocycles. The zero-order valence-electron chi connectivity index (χ0n) is 13.5. The first kappa shape index (κ1) is 16.0. The Morgan fingerprint density at radius 3 is 2.59 bits per heavy atom. The van der Waals surface area contributed by atoms with Crippen molar-refractivity contribution in [2.45, 2.75) is 53.2 Å². The van der Waals surface area contributed by atoms with Crippen LogP contribution < -0.4 is 4.74 Å². The molecule has 0 saturated carbocycles. The molecule has 0 aliphatic rings. The molecular formula is C17H22N4O. The number of ether oxygens (including phenoxy) is 1. The molecule has 0 amide bonds. The van der Waals surface area contributed by atoms with Crippen molar-refractivity contribution in [3.8, 4) is 11.8 Å². The van der Waals surface area contributed by atoms with Crippen LogP contribution in [-0.4, -0.2) is 15.0 Å². The molecule has 116 valence electrons. The lowest BCUT2D eigenvalue weighted by Gasteiger charge is -2.12. The normalized spacial score (nSPS) is 10.5. The third kappa shape index (κ3) is 3.64. The van der Waals surface area contributed by atoms with E-state index in [1.165, 1.54) is 0 Å². The van der Waals surface area contributed by atoms with Crippen LogP contribution in [0.1, 0.15) is 48.7 Å². The molecule has 0 aliphatic carbocycles. The number of rotatable bonds is 7. The van der Waals surface area contributed by atoms with Gasteiger partial charge in [-0.25, -0.2) is 4.68 Å². The van der Waals surface area contributed by atoms with Gasteiger partial charge in [0, 0.05) is 6.54 Å². The number of hydrogen-bond donors (Lipinski definition) is 0. The summed E-state index contributed by atoms with van der Waals surface area (Å²) in [6.07, 6.45) is 3.31. The van der Waals surface area contributed by atoms with Crippen LogP contribution in [0.5, 0.6) is 5.75 Å². The topological polar surface area (TPSA) is 63.7 Å². The minimum atomic E-state index is 0.313. The third-order valence-corrected chi connectivity index (χ3v) is 3.68. The van der Waals surface area contributed by atoms with Gasteiger partial charge in [-0.15, -0.1) is 5.10 Å². The molecule has 0 spiro atoms. The van der Waals surface area contributed by atoms with Crippen molar-refractivity contribution in [3.05, 3.63) is 40.7 Å². The Morgan fingerprint density at radius 1 is 1.23 bits per heavy atom. The maximum Gasteiger partial charge on any atom is 0.189 e. The average Bonchev–Trinajstić information content (AvgIpc) is 2.89. The monoisotopic (exact) mass is 298 g/mol.